The van der Waals surface area contributed by atoms with Crippen molar-refractivity contribution in [1.29, 1.82) is 0 Å². The highest BCUT2D eigenvalue weighted by Gasteiger charge is 2.30. The third kappa shape index (κ3) is 4.12. The zero-order valence-corrected chi connectivity index (χ0v) is 14.6. The van der Waals surface area contributed by atoms with E-state index in [1.165, 1.54) is 6.42 Å². The molecule has 0 unspecified atom stereocenters. The van der Waals surface area contributed by atoms with Crippen molar-refractivity contribution >= 4 is 11.6 Å². The first-order chi connectivity index (χ1) is 10.8. The highest BCUT2D eigenvalue weighted by Crippen LogP contribution is 2.39. The van der Waals surface area contributed by atoms with Crippen LogP contribution in [0.2, 0.25) is 0 Å². The molecular formula is C19H28N2O2. The molecule has 2 N–H and O–H groups in total. The summed E-state index contributed by atoms with van der Waals surface area (Å²) in [5.41, 5.74) is 4.98. The van der Waals surface area contributed by atoms with Gasteiger partial charge in [0.2, 0.25) is 0 Å². The first kappa shape index (κ1) is 17.5. The van der Waals surface area contributed by atoms with Gasteiger partial charge in [0, 0.05) is 5.71 Å². The Bertz CT molecular complexity index is 595. The maximum absolute atomic E-state index is 12.2. The number of phenolic OH excluding ortho intramolecular Hbond substituents is 1. The van der Waals surface area contributed by atoms with Crippen molar-refractivity contribution in [2.24, 2.45) is 16.4 Å². The van der Waals surface area contributed by atoms with Gasteiger partial charge in [-0.15, -0.1) is 0 Å². The number of nitrogens with zero attached hydrogens (tertiary/aromatic N) is 1. The van der Waals surface area contributed by atoms with Crippen LogP contribution in [0.3, 0.4) is 0 Å². The smallest absolute Gasteiger partial charge is 0.275 e. The number of benzene rings is 1. The van der Waals surface area contributed by atoms with Gasteiger partial charge in [-0.2, -0.15) is 5.10 Å². The van der Waals surface area contributed by atoms with Gasteiger partial charge >= 0.3 is 0 Å². The van der Waals surface area contributed by atoms with Gasteiger partial charge < -0.3 is 5.11 Å². The number of nitrogens with one attached hydrogen (secondary N) is 1. The normalized spacial score (nSPS) is 18.6. The fourth-order valence-electron chi connectivity index (χ4n) is 3.17. The molecule has 0 aromatic heterocycles. The monoisotopic (exact) mass is 316 g/mol. The molecule has 0 atom stereocenters. The molecule has 1 fully saturated rings. The van der Waals surface area contributed by atoms with E-state index in [0.717, 1.165) is 37.3 Å². The third-order valence-corrected chi connectivity index (χ3v) is 5.38. The molecule has 0 radical (unpaired) electrons. The number of hydrogen-bond donors (Lipinski definition) is 2. The Hall–Kier alpha value is -1.84. The molecule has 4 heteroatoms. The van der Waals surface area contributed by atoms with Gasteiger partial charge in [0.15, 0.2) is 0 Å². The van der Waals surface area contributed by atoms with E-state index in [1.807, 2.05) is 0 Å². The van der Waals surface area contributed by atoms with Crippen LogP contribution in [-0.2, 0) is 0 Å². The molecule has 1 saturated carbocycles. The maximum atomic E-state index is 12.2. The van der Waals surface area contributed by atoms with Crippen molar-refractivity contribution in [3.63, 3.8) is 0 Å². The molecule has 1 amide bonds. The molecule has 0 bridgehead atoms. The lowest BCUT2D eigenvalue weighted by Crippen LogP contribution is -2.29. The van der Waals surface area contributed by atoms with Crippen molar-refractivity contribution in [3.05, 3.63) is 29.3 Å². The van der Waals surface area contributed by atoms with Crippen LogP contribution in [0.4, 0.5) is 0 Å². The third-order valence-electron chi connectivity index (χ3n) is 5.38. The summed E-state index contributed by atoms with van der Waals surface area (Å²) in [6.07, 6.45) is 5.33. The van der Waals surface area contributed by atoms with E-state index >= 15 is 0 Å². The number of rotatable bonds is 4. The predicted molar refractivity (Wildman–Crippen MR) is 93.8 cm³/mol. The molecule has 4 nitrogen and oxygen atoms in total. The van der Waals surface area contributed by atoms with Crippen LogP contribution in [-0.4, -0.2) is 16.7 Å². The second-order valence-electron chi connectivity index (χ2n) is 7.21. The Balaban J connectivity index is 1.95. The van der Waals surface area contributed by atoms with Crippen LogP contribution in [0.15, 0.2) is 23.3 Å². The summed E-state index contributed by atoms with van der Waals surface area (Å²) >= 11 is 0. The first-order valence-corrected chi connectivity index (χ1v) is 8.49. The topological polar surface area (TPSA) is 61.7 Å². The van der Waals surface area contributed by atoms with E-state index in [-0.39, 0.29) is 17.2 Å². The van der Waals surface area contributed by atoms with E-state index in [4.69, 9.17) is 0 Å². The summed E-state index contributed by atoms with van der Waals surface area (Å²) in [5, 5.41) is 14.2. The Labute approximate surface area is 139 Å². The van der Waals surface area contributed by atoms with E-state index in [0.29, 0.717) is 11.0 Å². The highest BCUT2D eigenvalue weighted by atomic mass is 16.3. The average Bonchev–Trinajstić information content (AvgIpc) is 2.55. The zero-order valence-electron chi connectivity index (χ0n) is 14.6. The number of aromatic hydroxyl groups is 1. The van der Waals surface area contributed by atoms with Gasteiger partial charge in [-0.1, -0.05) is 39.3 Å². The number of hydrogen-bond acceptors (Lipinski definition) is 3. The second kappa shape index (κ2) is 7.16. The molecule has 2 rings (SSSR count). The fraction of sp³-hybridized carbons (Fsp3) is 0.579. The van der Waals surface area contributed by atoms with E-state index < -0.39 is 0 Å². The Morgan fingerprint density at radius 2 is 2.00 bits per heavy atom. The number of phenols is 1. The highest BCUT2D eigenvalue weighted by molar-refractivity contribution is 5.98. The number of carbonyl (C=O) groups excluding carboxylic acids is 1. The molecule has 1 aliphatic carbocycles. The predicted octanol–water partition coefficient (Wildman–Crippen LogP) is 4.41. The van der Waals surface area contributed by atoms with E-state index in [9.17, 15) is 9.90 Å². The zero-order chi connectivity index (χ0) is 17.0. The van der Waals surface area contributed by atoms with Gasteiger partial charge in [0.1, 0.15) is 5.75 Å². The summed E-state index contributed by atoms with van der Waals surface area (Å²) in [5.74, 6) is 0.399. The van der Waals surface area contributed by atoms with E-state index in [1.54, 1.807) is 25.1 Å². The maximum Gasteiger partial charge on any atom is 0.275 e. The van der Waals surface area contributed by atoms with Crippen LogP contribution in [0.1, 0.15) is 68.8 Å². The number of para-hydroxylation sites is 1. The summed E-state index contributed by atoms with van der Waals surface area (Å²) in [4.78, 5) is 12.2. The molecule has 126 valence electrons. The summed E-state index contributed by atoms with van der Waals surface area (Å²) in [6, 6.07) is 5.14. The number of hydrazone groups is 1. The summed E-state index contributed by atoms with van der Waals surface area (Å²) in [7, 11) is 0. The van der Waals surface area contributed by atoms with Crippen LogP contribution in [0.5, 0.6) is 5.75 Å². The van der Waals surface area contributed by atoms with Crippen molar-refractivity contribution in [2.45, 2.75) is 59.8 Å². The van der Waals surface area contributed by atoms with Crippen molar-refractivity contribution < 1.29 is 9.90 Å². The van der Waals surface area contributed by atoms with Crippen LogP contribution in [0.25, 0.3) is 0 Å². The van der Waals surface area contributed by atoms with Gasteiger partial charge in [0.05, 0.1) is 5.56 Å². The number of amides is 1. The standard InChI is InChI=1S/C19H28N2O2/c1-5-19(3,4)14-9-11-15(12-10-14)20-21-18(23)16-8-6-7-13(2)17(16)22/h6-8,14,22H,5,9-12H2,1-4H3,(H,21,23). The van der Waals surface area contributed by atoms with Gasteiger partial charge in [-0.3, -0.25) is 4.79 Å². The molecule has 0 heterocycles. The molecule has 0 saturated heterocycles. The fourth-order valence-corrected chi connectivity index (χ4v) is 3.17. The largest absolute Gasteiger partial charge is 0.507 e. The van der Waals surface area contributed by atoms with E-state index in [2.05, 4.69) is 31.3 Å². The van der Waals surface area contributed by atoms with Crippen molar-refractivity contribution in [2.75, 3.05) is 0 Å². The van der Waals surface area contributed by atoms with Gasteiger partial charge in [-0.05, 0) is 55.6 Å². The summed E-state index contributed by atoms with van der Waals surface area (Å²) < 4.78 is 0. The Kier molecular flexibility index (Phi) is 5.45. The lowest BCUT2D eigenvalue weighted by molar-refractivity contribution is 0.0951. The summed E-state index contributed by atoms with van der Waals surface area (Å²) in [6.45, 7) is 8.69. The second-order valence-corrected chi connectivity index (χ2v) is 7.21. The first-order valence-electron chi connectivity index (χ1n) is 8.49. The van der Waals surface area contributed by atoms with Crippen LogP contribution >= 0.6 is 0 Å². The minimum atomic E-state index is -0.352. The minimum absolute atomic E-state index is 0.0265. The van der Waals surface area contributed by atoms with Crippen molar-refractivity contribution in [1.82, 2.24) is 5.43 Å². The average molecular weight is 316 g/mol. The molecule has 0 spiro atoms. The van der Waals surface area contributed by atoms with Crippen LogP contribution < -0.4 is 5.43 Å². The quantitative estimate of drug-likeness (QED) is 0.808. The molecule has 0 aliphatic heterocycles. The molecular weight excluding hydrogens is 288 g/mol. The SMILES string of the molecule is CCC(C)(C)C1CCC(=NNC(=O)c2cccc(C)c2O)CC1. The lowest BCUT2D eigenvalue weighted by atomic mass is 9.69. The molecule has 1 aromatic carbocycles. The van der Waals surface area contributed by atoms with Gasteiger partial charge in [0.25, 0.3) is 5.91 Å². The number of carbonyl (C=O) groups is 1. The van der Waals surface area contributed by atoms with Gasteiger partial charge in [-0.25, -0.2) is 5.43 Å². The minimum Gasteiger partial charge on any atom is -0.507 e. The number of aryl methyl sites for hydroxylation is 1. The lowest BCUT2D eigenvalue weighted by Gasteiger charge is -2.36. The Morgan fingerprint density at radius 1 is 1.35 bits per heavy atom. The van der Waals surface area contributed by atoms with Crippen molar-refractivity contribution in [3.8, 4) is 5.75 Å². The Morgan fingerprint density at radius 3 is 2.61 bits per heavy atom. The van der Waals surface area contributed by atoms with Crippen LogP contribution in [0, 0.1) is 18.3 Å². The molecule has 1 aliphatic rings. The molecule has 23 heavy (non-hydrogen) atoms. The molecule has 1 aromatic rings.